The van der Waals surface area contributed by atoms with Crippen molar-refractivity contribution < 1.29 is 13.2 Å². The molecule has 0 aliphatic rings. The van der Waals surface area contributed by atoms with Crippen LogP contribution in [0, 0.1) is 0 Å². The molecular formula is C21H26N2O3S. The number of rotatable bonds is 10. The van der Waals surface area contributed by atoms with Crippen LogP contribution in [-0.2, 0) is 21.4 Å². The Balaban J connectivity index is 1.86. The Kier molecular flexibility index (Phi) is 8.23. The van der Waals surface area contributed by atoms with Crippen LogP contribution < -0.4 is 4.72 Å². The quantitative estimate of drug-likeness (QED) is 0.680. The normalized spacial score (nSPS) is 11.6. The van der Waals surface area contributed by atoms with Gasteiger partial charge in [0.1, 0.15) is 0 Å². The highest BCUT2D eigenvalue weighted by molar-refractivity contribution is 7.92. The van der Waals surface area contributed by atoms with Crippen LogP contribution in [0.3, 0.4) is 0 Å². The number of benzene rings is 2. The van der Waals surface area contributed by atoms with Gasteiger partial charge in [-0.1, -0.05) is 67.6 Å². The number of nitrogens with one attached hydrogen (secondary N) is 1. The van der Waals surface area contributed by atoms with E-state index in [0.717, 1.165) is 23.0 Å². The number of hydrogen-bond acceptors (Lipinski definition) is 3. The summed E-state index contributed by atoms with van der Waals surface area (Å²) < 4.78 is 26.6. The zero-order valence-corrected chi connectivity index (χ0v) is 16.4. The van der Waals surface area contributed by atoms with Crippen LogP contribution in [0.4, 0.5) is 0 Å². The molecular weight excluding hydrogens is 360 g/mol. The van der Waals surface area contributed by atoms with Gasteiger partial charge in [-0.25, -0.2) is 13.1 Å². The second-order valence-corrected chi connectivity index (χ2v) is 7.85. The highest BCUT2D eigenvalue weighted by Gasteiger charge is 2.14. The van der Waals surface area contributed by atoms with Crippen molar-refractivity contribution in [2.24, 2.45) is 0 Å². The topological polar surface area (TPSA) is 66.5 Å². The predicted molar refractivity (Wildman–Crippen MR) is 109 cm³/mol. The van der Waals surface area contributed by atoms with Crippen LogP contribution in [0.5, 0.6) is 0 Å². The number of amides is 1. The molecule has 5 nitrogen and oxygen atoms in total. The largest absolute Gasteiger partial charge is 0.338 e. The average molecular weight is 387 g/mol. The van der Waals surface area contributed by atoms with Gasteiger partial charge in [0, 0.05) is 31.5 Å². The van der Waals surface area contributed by atoms with E-state index in [1.54, 1.807) is 4.90 Å². The van der Waals surface area contributed by atoms with Crippen molar-refractivity contribution in [3.8, 4) is 0 Å². The van der Waals surface area contributed by atoms with Crippen molar-refractivity contribution in [2.75, 3.05) is 13.1 Å². The summed E-state index contributed by atoms with van der Waals surface area (Å²) in [6.45, 7) is 3.28. The molecule has 0 fully saturated rings. The summed E-state index contributed by atoms with van der Waals surface area (Å²) in [5, 5.41) is 1.13. The zero-order valence-electron chi connectivity index (χ0n) is 15.5. The third kappa shape index (κ3) is 7.76. The van der Waals surface area contributed by atoms with Crippen LogP contribution in [0.25, 0.3) is 6.08 Å². The van der Waals surface area contributed by atoms with E-state index in [0.29, 0.717) is 13.1 Å². The monoisotopic (exact) mass is 386 g/mol. The lowest BCUT2D eigenvalue weighted by Crippen LogP contribution is -2.34. The minimum Gasteiger partial charge on any atom is -0.338 e. The Hall–Kier alpha value is -2.44. The lowest BCUT2D eigenvalue weighted by Gasteiger charge is -2.22. The summed E-state index contributed by atoms with van der Waals surface area (Å²) in [6.07, 6.45) is 2.51. The third-order valence-electron chi connectivity index (χ3n) is 3.94. The maximum atomic E-state index is 12.5. The molecule has 0 bridgehead atoms. The molecule has 0 saturated heterocycles. The molecule has 0 aromatic heterocycles. The fourth-order valence-corrected chi connectivity index (χ4v) is 3.42. The van der Waals surface area contributed by atoms with E-state index >= 15 is 0 Å². The van der Waals surface area contributed by atoms with Gasteiger partial charge >= 0.3 is 0 Å². The first kappa shape index (κ1) is 20.9. The van der Waals surface area contributed by atoms with Crippen LogP contribution >= 0.6 is 0 Å². The summed E-state index contributed by atoms with van der Waals surface area (Å²) >= 11 is 0. The van der Waals surface area contributed by atoms with Gasteiger partial charge in [0.2, 0.25) is 15.9 Å². The van der Waals surface area contributed by atoms with Crippen LogP contribution in [0.15, 0.2) is 66.1 Å². The van der Waals surface area contributed by atoms with E-state index in [1.165, 1.54) is 6.08 Å². The molecule has 0 aliphatic heterocycles. The Bertz CT molecular complexity index is 834. The minimum atomic E-state index is -3.57. The lowest BCUT2D eigenvalue weighted by molar-refractivity contribution is -0.131. The van der Waals surface area contributed by atoms with E-state index in [1.807, 2.05) is 67.6 Å². The van der Waals surface area contributed by atoms with Gasteiger partial charge in [-0.15, -0.1) is 0 Å². The number of sulfonamides is 1. The number of carbonyl (C=O) groups excluding carboxylic acids is 1. The minimum absolute atomic E-state index is 0.0598. The molecule has 0 atom stereocenters. The summed E-state index contributed by atoms with van der Waals surface area (Å²) in [5.74, 6) is -0.0598. The van der Waals surface area contributed by atoms with Crippen molar-refractivity contribution in [2.45, 2.75) is 26.3 Å². The maximum absolute atomic E-state index is 12.5. The molecule has 2 aromatic rings. The fourth-order valence-electron chi connectivity index (χ4n) is 2.60. The van der Waals surface area contributed by atoms with Gasteiger partial charge in [-0.2, -0.15) is 0 Å². The van der Waals surface area contributed by atoms with Gasteiger partial charge in [0.15, 0.2) is 0 Å². The summed E-state index contributed by atoms with van der Waals surface area (Å²) in [7, 11) is -3.57. The molecule has 0 unspecified atom stereocenters. The van der Waals surface area contributed by atoms with E-state index in [9.17, 15) is 13.2 Å². The summed E-state index contributed by atoms with van der Waals surface area (Å²) in [6, 6.07) is 19.0. The second-order valence-electron chi connectivity index (χ2n) is 6.20. The van der Waals surface area contributed by atoms with Crippen molar-refractivity contribution >= 4 is 22.0 Å². The Morgan fingerprint density at radius 1 is 1.04 bits per heavy atom. The second kappa shape index (κ2) is 10.6. The highest BCUT2D eigenvalue weighted by Crippen LogP contribution is 2.07. The highest BCUT2D eigenvalue weighted by atomic mass is 32.2. The fraction of sp³-hybridized carbons (Fsp3) is 0.286. The van der Waals surface area contributed by atoms with E-state index in [4.69, 9.17) is 0 Å². The molecule has 2 aromatic carbocycles. The average Bonchev–Trinajstić information content (AvgIpc) is 2.67. The molecule has 0 heterocycles. The standard InChI is InChI=1S/C21H26N2O3S/c1-2-16-23(18-20-11-7-4-8-12-20)21(24)13-15-22-27(25,26)17-14-19-9-5-3-6-10-19/h3-12,14,17,22H,2,13,15-16,18H2,1H3/b17-14-. The number of carbonyl (C=O) groups is 1. The van der Waals surface area contributed by atoms with Gasteiger partial charge in [-0.3, -0.25) is 4.79 Å². The smallest absolute Gasteiger partial charge is 0.233 e. The number of hydrogen-bond donors (Lipinski definition) is 1. The predicted octanol–water partition coefficient (Wildman–Crippen LogP) is 3.41. The Labute approximate surface area is 161 Å². The van der Waals surface area contributed by atoms with Gasteiger partial charge in [0.25, 0.3) is 0 Å². The SMILES string of the molecule is CCCN(Cc1ccccc1)C(=O)CCNS(=O)(=O)/C=C\c1ccccc1. The van der Waals surface area contributed by atoms with Crippen LogP contribution in [0.1, 0.15) is 30.9 Å². The third-order valence-corrected chi connectivity index (χ3v) is 5.04. The first-order chi connectivity index (χ1) is 13.0. The van der Waals surface area contributed by atoms with E-state index < -0.39 is 10.0 Å². The van der Waals surface area contributed by atoms with Gasteiger partial charge < -0.3 is 4.90 Å². The molecule has 1 amide bonds. The molecule has 0 aliphatic carbocycles. The van der Waals surface area contributed by atoms with Crippen LogP contribution in [-0.4, -0.2) is 32.3 Å². The molecule has 144 valence electrons. The van der Waals surface area contributed by atoms with E-state index in [-0.39, 0.29) is 18.9 Å². The van der Waals surface area contributed by atoms with Crippen LogP contribution in [0.2, 0.25) is 0 Å². The van der Waals surface area contributed by atoms with Crippen molar-refractivity contribution in [1.29, 1.82) is 0 Å². The Morgan fingerprint density at radius 3 is 2.30 bits per heavy atom. The molecule has 27 heavy (non-hydrogen) atoms. The maximum Gasteiger partial charge on any atom is 0.233 e. The molecule has 0 saturated carbocycles. The first-order valence-electron chi connectivity index (χ1n) is 9.04. The zero-order chi connectivity index (χ0) is 19.5. The van der Waals surface area contributed by atoms with Gasteiger partial charge in [-0.05, 0) is 23.6 Å². The van der Waals surface area contributed by atoms with Crippen molar-refractivity contribution in [1.82, 2.24) is 9.62 Å². The first-order valence-corrected chi connectivity index (χ1v) is 10.6. The molecule has 0 spiro atoms. The molecule has 2 rings (SSSR count). The van der Waals surface area contributed by atoms with Crippen molar-refractivity contribution in [3.63, 3.8) is 0 Å². The Morgan fingerprint density at radius 2 is 1.67 bits per heavy atom. The molecule has 0 radical (unpaired) electrons. The lowest BCUT2D eigenvalue weighted by atomic mass is 10.2. The summed E-state index contributed by atoms with van der Waals surface area (Å²) in [4.78, 5) is 14.2. The molecule has 6 heteroatoms. The van der Waals surface area contributed by atoms with E-state index in [2.05, 4.69) is 4.72 Å². The summed E-state index contributed by atoms with van der Waals surface area (Å²) in [5.41, 5.74) is 1.86. The molecule has 1 N–H and O–H groups in total. The van der Waals surface area contributed by atoms with Crippen molar-refractivity contribution in [3.05, 3.63) is 77.2 Å². The van der Waals surface area contributed by atoms with Gasteiger partial charge in [0.05, 0.1) is 0 Å². The number of nitrogens with zero attached hydrogens (tertiary/aromatic N) is 1.